The summed E-state index contributed by atoms with van der Waals surface area (Å²) in [4.78, 5) is 11.7. The van der Waals surface area contributed by atoms with Gasteiger partial charge in [0.15, 0.2) is 11.6 Å². The van der Waals surface area contributed by atoms with Crippen molar-refractivity contribution >= 4 is 5.97 Å². The molecule has 0 bridgehead atoms. The first-order valence-corrected chi connectivity index (χ1v) is 5.59. The molecule has 0 heterocycles. The average molecular weight is 242 g/mol. The number of carbonyl (C=O) groups excluding carboxylic acids is 1. The highest BCUT2D eigenvalue weighted by Gasteiger charge is 2.29. The van der Waals surface area contributed by atoms with Gasteiger partial charge < -0.3 is 4.74 Å². The lowest BCUT2D eigenvalue weighted by Gasteiger charge is -2.20. The zero-order valence-electron chi connectivity index (χ0n) is 10.2. The topological polar surface area (TPSA) is 26.3 Å². The van der Waals surface area contributed by atoms with E-state index in [-0.39, 0.29) is 18.1 Å². The quantitative estimate of drug-likeness (QED) is 0.757. The van der Waals surface area contributed by atoms with Crippen molar-refractivity contribution in [2.75, 3.05) is 6.61 Å². The summed E-state index contributed by atoms with van der Waals surface area (Å²) in [6.45, 7) is 5.44. The van der Waals surface area contributed by atoms with Crippen LogP contribution in [0.2, 0.25) is 0 Å². The number of carbonyl (C=O) groups is 1. The van der Waals surface area contributed by atoms with E-state index >= 15 is 0 Å². The van der Waals surface area contributed by atoms with Crippen LogP contribution in [0.15, 0.2) is 18.2 Å². The molecule has 1 atom stereocenters. The summed E-state index contributed by atoms with van der Waals surface area (Å²) in [5.41, 5.74) is 0.0541. The number of ether oxygens (including phenoxy) is 1. The molecule has 0 radical (unpaired) electrons. The highest BCUT2D eigenvalue weighted by atomic mass is 19.2. The summed E-state index contributed by atoms with van der Waals surface area (Å²) >= 11 is 0. The summed E-state index contributed by atoms with van der Waals surface area (Å²) in [5, 5.41) is 0. The molecule has 0 aliphatic rings. The first kappa shape index (κ1) is 13.6. The predicted molar refractivity (Wildman–Crippen MR) is 60.6 cm³/mol. The van der Waals surface area contributed by atoms with Gasteiger partial charge in [-0.15, -0.1) is 0 Å². The highest BCUT2D eigenvalue weighted by Crippen LogP contribution is 2.29. The van der Waals surface area contributed by atoms with Crippen molar-refractivity contribution in [1.82, 2.24) is 0 Å². The van der Waals surface area contributed by atoms with Gasteiger partial charge in [-0.2, -0.15) is 0 Å². The fourth-order valence-corrected chi connectivity index (χ4v) is 1.75. The third kappa shape index (κ3) is 3.02. The van der Waals surface area contributed by atoms with E-state index in [0.29, 0.717) is 0 Å². The molecule has 0 amide bonds. The van der Waals surface area contributed by atoms with Crippen LogP contribution in [0.25, 0.3) is 0 Å². The molecule has 1 aromatic carbocycles. The normalized spacial score (nSPS) is 12.6. The largest absolute Gasteiger partial charge is 0.466 e. The number of hydrogen-bond donors (Lipinski definition) is 0. The van der Waals surface area contributed by atoms with Gasteiger partial charge in [0.25, 0.3) is 0 Å². The molecule has 17 heavy (non-hydrogen) atoms. The SMILES string of the molecule is CCOC(=O)C(c1cccc(F)c1F)C(C)C. The number of hydrogen-bond acceptors (Lipinski definition) is 2. The van der Waals surface area contributed by atoms with Crippen LogP contribution >= 0.6 is 0 Å². The van der Waals surface area contributed by atoms with Crippen LogP contribution in [0.4, 0.5) is 8.78 Å². The molecule has 0 aliphatic heterocycles. The zero-order valence-corrected chi connectivity index (χ0v) is 10.2. The fraction of sp³-hybridized carbons (Fsp3) is 0.462. The summed E-state index contributed by atoms with van der Waals surface area (Å²) in [6.07, 6.45) is 0. The second-order valence-electron chi connectivity index (χ2n) is 4.12. The van der Waals surface area contributed by atoms with E-state index < -0.39 is 23.5 Å². The molecular weight excluding hydrogens is 226 g/mol. The van der Waals surface area contributed by atoms with E-state index in [2.05, 4.69) is 0 Å². The Hall–Kier alpha value is -1.45. The van der Waals surface area contributed by atoms with Gasteiger partial charge in [0.2, 0.25) is 0 Å². The molecule has 1 aromatic rings. The third-order valence-electron chi connectivity index (χ3n) is 2.52. The van der Waals surface area contributed by atoms with Gasteiger partial charge in [0, 0.05) is 5.56 Å². The van der Waals surface area contributed by atoms with Crippen LogP contribution in [0.1, 0.15) is 32.3 Å². The van der Waals surface area contributed by atoms with Crippen LogP contribution in [0.5, 0.6) is 0 Å². The van der Waals surface area contributed by atoms with Crippen molar-refractivity contribution < 1.29 is 18.3 Å². The van der Waals surface area contributed by atoms with Gasteiger partial charge in [-0.25, -0.2) is 8.78 Å². The van der Waals surface area contributed by atoms with Crippen molar-refractivity contribution in [2.45, 2.75) is 26.7 Å². The Morgan fingerprint density at radius 3 is 2.53 bits per heavy atom. The van der Waals surface area contributed by atoms with Gasteiger partial charge in [-0.1, -0.05) is 26.0 Å². The second-order valence-corrected chi connectivity index (χ2v) is 4.12. The second kappa shape index (κ2) is 5.75. The molecule has 94 valence electrons. The third-order valence-corrected chi connectivity index (χ3v) is 2.52. The number of rotatable bonds is 4. The average Bonchev–Trinajstić information content (AvgIpc) is 2.24. The monoisotopic (exact) mass is 242 g/mol. The Balaban J connectivity index is 3.14. The summed E-state index contributed by atoms with van der Waals surface area (Å²) in [7, 11) is 0. The van der Waals surface area contributed by atoms with Crippen LogP contribution in [0, 0.1) is 17.6 Å². The molecule has 0 N–H and O–H groups in total. The Morgan fingerprint density at radius 2 is 2.00 bits per heavy atom. The molecular formula is C13H16F2O2. The van der Waals surface area contributed by atoms with Crippen LogP contribution in [-0.4, -0.2) is 12.6 Å². The number of esters is 1. The Labute approximate surface area is 99.6 Å². The maximum Gasteiger partial charge on any atom is 0.313 e. The predicted octanol–water partition coefficient (Wildman–Crippen LogP) is 3.27. The first-order chi connectivity index (χ1) is 7.99. The van der Waals surface area contributed by atoms with Crippen LogP contribution in [-0.2, 0) is 9.53 Å². The zero-order chi connectivity index (χ0) is 13.0. The summed E-state index contributed by atoms with van der Waals surface area (Å²) in [5.74, 6) is -3.38. The summed E-state index contributed by atoms with van der Waals surface area (Å²) < 4.78 is 31.6. The molecule has 0 aromatic heterocycles. The lowest BCUT2D eigenvalue weighted by atomic mass is 9.88. The smallest absolute Gasteiger partial charge is 0.313 e. The van der Waals surface area contributed by atoms with Crippen molar-refractivity contribution in [2.24, 2.45) is 5.92 Å². The van der Waals surface area contributed by atoms with E-state index in [4.69, 9.17) is 4.74 Å². The molecule has 0 fully saturated rings. The maximum absolute atomic E-state index is 13.6. The van der Waals surface area contributed by atoms with Crippen LogP contribution in [0.3, 0.4) is 0 Å². The van der Waals surface area contributed by atoms with E-state index in [9.17, 15) is 13.6 Å². The fourth-order valence-electron chi connectivity index (χ4n) is 1.75. The first-order valence-electron chi connectivity index (χ1n) is 5.59. The van der Waals surface area contributed by atoms with E-state index in [1.165, 1.54) is 12.1 Å². The van der Waals surface area contributed by atoms with Crippen LogP contribution < -0.4 is 0 Å². The van der Waals surface area contributed by atoms with E-state index in [1.54, 1.807) is 20.8 Å². The lowest BCUT2D eigenvalue weighted by molar-refractivity contribution is -0.146. The standard InChI is InChI=1S/C13H16F2O2/c1-4-17-13(16)11(8(2)3)9-6-5-7-10(14)12(9)15/h5-8,11H,4H2,1-3H3. The van der Waals surface area contributed by atoms with E-state index in [1.807, 2.05) is 0 Å². The van der Waals surface area contributed by atoms with Gasteiger partial charge >= 0.3 is 5.97 Å². The van der Waals surface area contributed by atoms with Gasteiger partial charge in [-0.3, -0.25) is 4.79 Å². The van der Waals surface area contributed by atoms with E-state index in [0.717, 1.165) is 6.07 Å². The van der Waals surface area contributed by atoms with Crippen molar-refractivity contribution in [3.05, 3.63) is 35.4 Å². The van der Waals surface area contributed by atoms with Gasteiger partial charge in [0.1, 0.15) is 0 Å². The van der Waals surface area contributed by atoms with Crippen molar-refractivity contribution in [3.8, 4) is 0 Å². The van der Waals surface area contributed by atoms with Crippen molar-refractivity contribution in [3.63, 3.8) is 0 Å². The molecule has 1 rings (SSSR count). The Bertz CT molecular complexity index is 402. The van der Waals surface area contributed by atoms with Crippen molar-refractivity contribution in [1.29, 1.82) is 0 Å². The molecule has 1 unspecified atom stereocenters. The Kier molecular flexibility index (Phi) is 4.61. The maximum atomic E-state index is 13.6. The van der Waals surface area contributed by atoms with Gasteiger partial charge in [0.05, 0.1) is 12.5 Å². The molecule has 0 spiro atoms. The minimum Gasteiger partial charge on any atom is -0.466 e. The molecule has 0 saturated carbocycles. The summed E-state index contributed by atoms with van der Waals surface area (Å²) in [6, 6.07) is 3.84. The molecule has 4 heteroatoms. The molecule has 0 aliphatic carbocycles. The number of halogens is 2. The minimum absolute atomic E-state index is 0.0541. The molecule has 0 saturated heterocycles. The van der Waals surface area contributed by atoms with Gasteiger partial charge in [-0.05, 0) is 18.9 Å². The lowest BCUT2D eigenvalue weighted by Crippen LogP contribution is -2.22. The number of benzene rings is 1. The highest BCUT2D eigenvalue weighted by molar-refractivity contribution is 5.78. The minimum atomic E-state index is -0.973. The Morgan fingerprint density at radius 1 is 1.35 bits per heavy atom. The molecule has 2 nitrogen and oxygen atoms in total.